The molecule has 1 aliphatic carbocycles. The zero-order valence-electron chi connectivity index (χ0n) is 5.27. The molecule has 1 nitrogen and oxygen atoms in total. The Labute approximate surface area is 51.3 Å². The number of rotatable bonds is 0. The molecule has 0 aromatic heterocycles. The molecule has 0 aromatic carbocycles. The number of hydrogen-bond acceptors (Lipinski definition) is 1. The molecule has 1 fully saturated rings. The van der Waals surface area contributed by atoms with Crippen molar-refractivity contribution in [2.24, 2.45) is 11.7 Å². The van der Waals surface area contributed by atoms with Gasteiger partial charge in [0.1, 0.15) is 5.92 Å². The van der Waals surface area contributed by atoms with E-state index in [4.69, 9.17) is 5.73 Å². The third-order valence-electron chi connectivity index (χ3n) is 1.97. The Kier molecular flexibility index (Phi) is 1.79. The van der Waals surface area contributed by atoms with Crippen molar-refractivity contribution < 1.29 is 0 Å². The van der Waals surface area contributed by atoms with Gasteiger partial charge in [0, 0.05) is 6.04 Å². The van der Waals surface area contributed by atoms with E-state index in [-0.39, 0.29) is 0 Å². The molecule has 0 radical (unpaired) electrons. The van der Waals surface area contributed by atoms with Crippen LogP contribution in [0.15, 0.2) is 0 Å². The monoisotopic (exact) mass is 112 g/mol. The van der Waals surface area contributed by atoms with Crippen LogP contribution in [0.25, 0.3) is 0 Å². The Bertz CT molecular complexity index is 60.8. The minimum absolute atomic E-state index is 0.392. The van der Waals surface area contributed by atoms with Gasteiger partial charge in [0.15, 0.2) is 0 Å². The fourth-order valence-corrected chi connectivity index (χ4v) is 1.24. The lowest BCUT2D eigenvalue weighted by atomic mass is 9.87. The predicted octanol–water partition coefficient (Wildman–Crippen LogP) is 1.34. The van der Waals surface area contributed by atoms with Crippen LogP contribution in [-0.4, -0.2) is 6.04 Å². The van der Waals surface area contributed by atoms with Crippen LogP contribution in [0.1, 0.15) is 25.7 Å². The van der Waals surface area contributed by atoms with Crippen molar-refractivity contribution in [3.8, 4) is 0 Å². The molecule has 0 spiro atoms. The van der Waals surface area contributed by atoms with Crippen LogP contribution in [0.5, 0.6) is 0 Å². The third kappa shape index (κ3) is 1.16. The van der Waals surface area contributed by atoms with Crippen molar-refractivity contribution in [1.82, 2.24) is 0 Å². The van der Waals surface area contributed by atoms with Crippen molar-refractivity contribution in [3.63, 3.8) is 0 Å². The Morgan fingerprint density at radius 1 is 1.25 bits per heavy atom. The smallest absolute Gasteiger partial charge is 0.110 e. The highest BCUT2D eigenvalue weighted by Crippen LogP contribution is 2.21. The minimum Gasteiger partial charge on any atom is -0.324 e. The molecule has 2 N–H and O–H groups in total. The fraction of sp³-hybridized carbons (Fsp3) is 0.857. The van der Waals surface area contributed by atoms with E-state index in [2.05, 4.69) is 6.92 Å². The van der Waals surface area contributed by atoms with Crippen molar-refractivity contribution in [2.45, 2.75) is 31.7 Å². The van der Waals surface area contributed by atoms with E-state index in [1.807, 2.05) is 0 Å². The van der Waals surface area contributed by atoms with E-state index in [0.29, 0.717) is 12.0 Å². The summed E-state index contributed by atoms with van der Waals surface area (Å²) in [6.45, 7) is 3.95. The van der Waals surface area contributed by atoms with Gasteiger partial charge in [-0.25, -0.2) is 0 Å². The van der Waals surface area contributed by atoms with E-state index in [0.717, 1.165) is 0 Å². The van der Waals surface area contributed by atoms with Gasteiger partial charge in [0.25, 0.3) is 0 Å². The molecule has 0 saturated heterocycles. The zero-order valence-corrected chi connectivity index (χ0v) is 5.27. The molecule has 0 aliphatic heterocycles. The van der Waals surface area contributed by atoms with E-state index in [9.17, 15) is 0 Å². The Morgan fingerprint density at radius 3 is 2.25 bits per heavy atom. The van der Waals surface area contributed by atoms with Crippen molar-refractivity contribution in [2.75, 3.05) is 0 Å². The lowest BCUT2D eigenvalue weighted by Gasteiger charge is -2.19. The molecule has 2 unspecified atom stereocenters. The van der Waals surface area contributed by atoms with Crippen molar-refractivity contribution in [3.05, 3.63) is 6.92 Å². The molecule has 1 aliphatic rings. The summed E-state index contributed by atoms with van der Waals surface area (Å²) in [5, 5.41) is 0. The second-order valence-corrected chi connectivity index (χ2v) is 2.71. The summed E-state index contributed by atoms with van der Waals surface area (Å²) in [4.78, 5) is 0. The van der Waals surface area contributed by atoms with Crippen LogP contribution in [0.2, 0.25) is 0 Å². The maximum atomic E-state index is 5.72. The molecule has 46 valence electrons. The van der Waals surface area contributed by atoms with Crippen LogP contribution in [-0.2, 0) is 0 Å². The van der Waals surface area contributed by atoms with Crippen LogP contribution in [0, 0.1) is 12.8 Å². The van der Waals surface area contributed by atoms with Gasteiger partial charge < -0.3 is 5.73 Å². The van der Waals surface area contributed by atoms with E-state index >= 15 is 0 Å². The first-order valence-corrected chi connectivity index (χ1v) is 3.39. The van der Waals surface area contributed by atoms with Crippen LogP contribution in [0.3, 0.4) is 0 Å². The highest BCUT2D eigenvalue weighted by molar-refractivity contribution is 4.78. The molecule has 1 saturated carbocycles. The van der Waals surface area contributed by atoms with Gasteiger partial charge in [0.05, 0.1) is 6.92 Å². The molecule has 0 heterocycles. The largest absolute Gasteiger partial charge is 0.324 e. The number of hydrogen-bond donors (Lipinski definition) is 1. The molecule has 2 atom stereocenters. The van der Waals surface area contributed by atoms with E-state index < -0.39 is 0 Å². The van der Waals surface area contributed by atoms with E-state index in [1.54, 1.807) is 0 Å². The highest BCUT2D eigenvalue weighted by Gasteiger charge is 2.21. The van der Waals surface area contributed by atoms with Crippen LogP contribution in [0.4, 0.5) is 0 Å². The number of nitrogens with two attached hydrogens (primary N) is 1. The predicted molar refractivity (Wildman–Crippen MR) is 35.3 cm³/mol. The van der Waals surface area contributed by atoms with Gasteiger partial charge in [0.2, 0.25) is 0 Å². The average molecular weight is 112 g/mol. The summed E-state index contributed by atoms with van der Waals surface area (Å²) in [7, 11) is 0. The topological polar surface area (TPSA) is 26.0 Å². The van der Waals surface area contributed by atoms with Gasteiger partial charge >= 0.3 is 0 Å². The summed E-state index contributed by atoms with van der Waals surface area (Å²) >= 11 is 0. The molecule has 1 heteroatoms. The fourth-order valence-electron chi connectivity index (χ4n) is 1.24. The normalized spacial score (nSPS) is 39.6. The first-order valence-electron chi connectivity index (χ1n) is 3.39. The molecular formula is C7H14N+. The summed E-state index contributed by atoms with van der Waals surface area (Å²) in [5.41, 5.74) is 5.72. The molecule has 0 aromatic rings. The van der Waals surface area contributed by atoms with Gasteiger partial charge in [-0.1, -0.05) is 6.42 Å². The molecule has 0 bridgehead atoms. The summed E-state index contributed by atoms with van der Waals surface area (Å²) < 4.78 is 0. The summed E-state index contributed by atoms with van der Waals surface area (Å²) in [6.07, 6.45) is 5.07. The summed E-state index contributed by atoms with van der Waals surface area (Å²) in [6, 6.07) is 0.392. The summed E-state index contributed by atoms with van der Waals surface area (Å²) in [5.74, 6) is 0.531. The van der Waals surface area contributed by atoms with E-state index in [1.165, 1.54) is 25.7 Å². The van der Waals surface area contributed by atoms with Crippen LogP contribution >= 0.6 is 0 Å². The third-order valence-corrected chi connectivity index (χ3v) is 1.97. The molecule has 1 rings (SSSR count). The maximum Gasteiger partial charge on any atom is 0.110 e. The second kappa shape index (κ2) is 2.40. The van der Waals surface area contributed by atoms with Gasteiger partial charge in [-0.3, -0.25) is 0 Å². The highest BCUT2D eigenvalue weighted by atomic mass is 14.6. The first-order chi connectivity index (χ1) is 3.80. The molecular weight excluding hydrogens is 98.1 g/mol. The lowest BCUT2D eigenvalue weighted by Crippen LogP contribution is -2.30. The minimum atomic E-state index is 0.392. The Balaban J connectivity index is 2.28. The van der Waals surface area contributed by atoms with Crippen molar-refractivity contribution in [1.29, 1.82) is 0 Å². The lowest BCUT2D eigenvalue weighted by molar-refractivity contribution is 0.359. The Morgan fingerprint density at radius 2 is 1.88 bits per heavy atom. The van der Waals surface area contributed by atoms with Gasteiger partial charge in [-0.15, -0.1) is 0 Å². The van der Waals surface area contributed by atoms with Crippen molar-refractivity contribution >= 4 is 0 Å². The first kappa shape index (κ1) is 5.96. The van der Waals surface area contributed by atoms with Gasteiger partial charge in [-0.2, -0.15) is 0 Å². The SMILES string of the molecule is [CH2+]C1CCCCC1N. The maximum absolute atomic E-state index is 5.72. The quantitative estimate of drug-likeness (QED) is 0.470. The second-order valence-electron chi connectivity index (χ2n) is 2.71. The average Bonchev–Trinajstić information content (AvgIpc) is 1.77. The molecule has 0 amide bonds. The van der Waals surface area contributed by atoms with Gasteiger partial charge in [-0.05, 0) is 19.3 Å². The molecule has 8 heavy (non-hydrogen) atoms. The standard InChI is InChI=1S/C7H14N/c1-6-4-2-3-5-7(6)8/h6-7H,1-5,8H2/q+1. The Hall–Kier alpha value is -0.170. The van der Waals surface area contributed by atoms with Crippen LogP contribution < -0.4 is 5.73 Å². The zero-order chi connectivity index (χ0) is 5.98.